The highest BCUT2D eigenvalue weighted by Gasteiger charge is 2.42. The molecule has 4 amide bonds. The van der Waals surface area contributed by atoms with Gasteiger partial charge in [-0.3, -0.25) is 14.4 Å². The molecule has 39 heavy (non-hydrogen) atoms. The minimum atomic E-state index is -3.78. The van der Waals surface area contributed by atoms with Crippen LogP contribution in [0.5, 0.6) is 0 Å². The first-order valence-corrected chi connectivity index (χ1v) is 15.0. The van der Waals surface area contributed by atoms with Crippen LogP contribution in [0.4, 0.5) is 4.79 Å². The summed E-state index contributed by atoms with van der Waals surface area (Å²) >= 11 is 0. The largest absolute Gasteiger partial charge is 0.444 e. The molecule has 222 valence electrons. The van der Waals surface area contributed by atoms with Gasteiger partial charge in [-0.1, -0.05) is 25.0 Å². The SMILES string of the molecule is CNC(=O)[C@@H]1CCCN1C(=O)[C@H](CCCCC/C=C\[C@@H]1C[C@@H]1C(=O)NS(=O)(=O)N(C)C)NC(=O)OC(C)(C)C. The van der Waals surface area contributed by atoms with Gasteiger partial charge in [0.05, 0.1) is 0 Å². The maximum Gasteiger partial charge on any atom is 0.408 e. The second-order valence-corrected chi connectivity index (χ2v) is 13.2. The van der Waals surface area contributed by atoms with E-state index in [0.29, 0.717) is 32.2 Å². The van der Waals surface area contributed by atoms with Gasteiger partial charge in [-0.05, 0) is 65.2 Å². The summed E-state index contributed by atoms with van der Waals surface area (Å²) in [4.78, 5) is 51.7. The number of allylic oxidation sites excluding steroid dienone is 2. The van der Waals surface area contributed by atoms with E-state index < -0.39 is 39.9 Å². The van der Waals surface area contributed by atoms with Crippen molar-refractivity contribution in [1.82, 2.24) is 24.6 Å². The molecule has 0 spiro atoms. The molecule has 1 aliphatic heterocycles. The fourth-order valence-corrected chi connectivity index (χ4v) is 5.05. The third kappa shape index (κ3) is 10.4. The van der Waals surface area contributed by atoms with Gasteiger partial charge < -0.3 is 20.3 Å². The van der Waals surface area contributed by atoms with E-state index in [9.17, 15) is 27.6 Å². The maximum absolute atomic E-state index is 13.3. The lowest BCUT2D eigenvalue weighted by atomic mass is 10.0. The van der Waals surface area contributed by atoms with E-state index in [1.165, 1.54) is 14.1 Å². The fourth-order valence-electron chi connectivity index (χ4n) is 4.46. The molecule has 2 aliphatic rings. The lowest BCUT2D eigenvalue weighted by Crippen LogP contribution is -2.53. The molecule has 0 aromatic carbocycles. The van der Waals surface area contributed by atoms with Crippen LogP contribution < -0.4 is 15.4 Å². The number of unbranched alkanes of at least 4 members (excludes halogenated alkanes) is 3. The summed E-state index contributed by atoms with van der Waals surface area (Å²) < 4.78 is 32.0. The number of amides is 4. The van der Waals surface area contributed by atoms with E-state index in [1.807, 2.05) is 12.2 Å². The van der Waals surface area contributed by atoms with Crippen LogP contribution in [0.15, 0.2) is 12.2 Å². The van der Waals surface area contributed by atoms with Gasteiger partial charge in [0.25, 0.3) is 0 Å². The summed E-state index contributed by atoms with van der Waals surface area (Å²) in [5.74, 6) is -1.26. The molecule has 0 aromatic heterocycles. The molecular weight excluding hydrogens is 526 g/mol. The summed E-state index contributed by atoms with van der Waals surface area (Å²) in [5, 5.41) is 5.32. The van der Waals surface area contributed by atoms with Crippen molar-refractivity contribution in [3.63, 3.8) is 0 Å². The second-order valence-electron chi connectivity index (χ2n) is 11.3. The second kappa shape index (κ2) is 14.1. The number of nitrogens with one attached hydrogen (secondary N) is 3. The summed E-state index contributed by atoms with van der Waals surface area (Å²) in [6.45, 7) is 5.72. The Hall–Kier alpha value is -2.67. The van der Waals surface area contributed by atoms with Crippen LogP contribution in [-0.4, -0.2) is 86.8 Å². The van der Waals surface area contributed by atoms with Crippen molar-refractivity contribution in [3.8, 4) is 0 Å². The third-order valence-electron chi connectivity index (χ3n) is 6.71. The van der Waals surface area contributed by atoms with E-state index in [4.69, 9.17) is 4.74 Å². The minimum absolute atomic E-state index is 0.0381. The standard InChI is InChI=1S/C26H45N5O7S/c1-26(2,3)38-25(35)28-20(24(34)31-16-12-15-21(31)23(33)27-4)14-11-9-7-8-10-13-18-17-19(18)22(32)29-39(36,37)30(5)6/h10,13,18-21H,7-9,11-12,14-17H2,1-6H3,(H,27,33)(H,28,35)(H,29,32)/b13-10-/t18-,19+,20+,21+/m1/s1. The molecule has 0 unspecified atom stereocenters. The smallest absolute Gasteiger partial charge is 0.408 e. The number of carbonyl (C=O) groups excluding carboxylic acids is 4. The predicted octanol–water partition coefficient (Wildman–Crippen LogP) is 1.68. The van der Waals surface area contributed by atoms with Crippen molar-refractivity contribution in [2.45, 2.75) is 89.8 Å². The van der Waals surface area contributed by atoms with E-state index >= 15 is 0 Å². The Labute approximate surface area is 232 Å². The molecule has 4 atom stereocenters. The van der Waals surface area contributed by atoms with Gasteiger partial charge >= 0.3 is 16.3 Å². The number of rotatable bonds is 13. The molecule has 1 heterocycles. The van der Waals surface area contributed by atoms with E-state index in [0.717, 1.165) is 30.0 Å². The van der Waals surface area contributed by atoms with Crippen molar-refractivity contribution < 1.29 is 32.3 Å². The molecule has 2 fully saturated rings. The van der Waals surface area contributed by atoms with Gasteiger partial charge in [0, 0.05) is 33.6 Å². The van der Waals surface area contributed by atoms with Crippen LogP contribution >= 0.6 is 0 Å². The van der Waals surface area contributed by atoms with Gasteiger partial charge in [0.2, 0.25) is 17.7 Å². The van der Waals surface area contributed by atoms with Crippen molar-refractivity contribution in [2.24, 2.45) is 11.8 Å². The number of hydrogen-bond donors (Lipinski definition) is 3. The first-order chi connectivity index (χ1) is 18.2. The molecule has 1 saturated heterocycles. The topological polar surface area (TPSA) is 154 Å². The molecular formula is C26H45N5O7S. The average molecular weight is 572 g/mol. The van der Waals surface area contributed by atoms with Crippen LogP contribution in [0.3, 0.4) is 0 Å². The zero-order valence-corrected chi connectivity index (χ0v) is 24.8. The molecule has 0 bridgehead atoms. The van der Waals surface area contributed by atoms with Crippen LogP contribution in [-0.2, 0) is 29.3 Å². The van der Waals surface area contributed by atoms with E-state index in [2.05, 4.69) is 15.4 Å². The lowest BCUT2D eigenvalue weighted by molar-refractivity contribution is -0.140. The number of nitrogens with zero attached hydrogens (tertiary/aromatic N) is 2. The van der Waals surface area contributed by atoms with Gasteiger partial charge in [0.1, 0.15) is 17.7 Å². The van der Waals surface area contributed by atoms with Crippen molar-refractivity contribution in [3.05, 3.63) is 12.2 Å². The Kier molecular flexibility index (Phi) is 11.8. The normalized spacial score (nSPS) is 22.0. The molecule has 2 rings (SSSR count). The number of ether oxygens (including phenoxy) is 1. The lowest BCUT2D eigenvalue weighted by Gasteiger charge is -2.29. The van der Waals surface area contributed by atoms with Gasteiger partial charge in [-0.25, -0.2) is 9.52 Å². The molecule has 1 saturated carbocycles. The number of carbonyl (C=O) groups is 4. The van der Waals surface area contributed by atoms with Crippen molar-refractivity contribution in [1.29, 1.82) is 0 Å². The molecule has 12 nitrogen and oxygen atoms in total. The summed E-state index contributed by atoms with van der Waals surface area (Å²) in [5.41, 5.74) is -0.704. The minimum Gasteiger partial charge on any atom is -0.444 e. The third-order valence-corrected chi connectivity index (χ3v) is 8.13. The Balaban J connectivity index is 1.82. The van der Waals surface area contributed by atoms with E-state index in [1.54, 1.807) is 32.7 Å². The van der Waals surface area contributed by atoms with E-state index in [-0.39, 0.29) is 23.7 Å². The van der Waals surface area contributed by atoms with Crippen LogP contribution in [0.1, 0.15) is 72.1 Å². The molecule has 1 aliphatic carbocycles. The summed E-state index contributed by atoms with van der Waals surface area (Å²) in [6, 6.07) is -1.32. The first kappa shape index (κ1) is 32.5. The van der Waals surface area contributed by atoms with Gasteiger partial charge in [-0.2, -0.15) is 12.7 Å². The fraction of sp³-hybridized carbons (Fsp3) is 0.769. The Morgan fingerprint density at radius 1 is 1.10 bits per heavy atom. The molecule has 0 aromatic rings. The predicted molar refractivity (Wildman–Crippen MR) is 147 cm³/mol. The Morgan fingerprint density at radius 2 is 1.79 bits per heavy atom. The number of likely N-dealkylation sites (N-methyl/N-ethyl adjacent to an activating group) is 1. The summed E-state index contributed by atoms with van der Waals surface area (Å²) in [6.07, 6.45) is 8.79. The van der Waals surface area contributed by atoms with Gasteiger partial charge in [0.15, 0.2) is 0 Å². The number of alkyl carbamates (subject to hydrolysis) is 1. The van der Waals surface area contributed by atoms with Crippen LogP contribution in [0.25, 0.3) is 0 Å². The van der Waals surface area contributed by atoms with Crippen molar-refractivity contribution >= 4 is 34.0 Å². The molecule has 3 N–H and O–H groups in total. The molecule has 13 heteroatoms. The Bertz CT molecular complexity index is 1020. The summed E-state index contributed by atoms with van der Waals surface area (Å²) in [7, 11) is 0.488. The zero-order valence-electron chi connectivity index (χ0n) is 24.0. The highest BCUT2D eigenvalue weighted by atomic mass is 32.2. The zero-order chi connectivity index (χ0) is 29.4. The highest BCUT2D eigenvalue weighted by molar-refractivity contribution is 7.87. The highest BCUT2D eigenvalue weighted by Crippen LogP contribution is 2.40. The quantitative estimate of drug-likeness (QED) is 0.224. The van der Waals surface area contributed by atoms with Crippen LogP contribution in [0, 0.1) is 11.8 Å². The maximum atomic E-state index is 13.3. The van der Waals surface area contributed by atoms with Crippen molar-refractivity contribution in [2.75, 3.05) is 27.7 Å². The molecule has 0 radical (unpaired) electrons. The number of likely N-dealkylation sites (tertiary alicyclic amines) is 1. The average Bonchev–Trinajstić information content (AvgIpc) is 3.44. The van der Waals surface area contributed by atoms with Crippen LogP contribution in [0.2, 0.25) is 0 Å². The monoisotopic (exact) mass is 571 g/mol. The number of hydrogen-bond acceptors (Lipinski definition) is 7. The Morgan fingerprint density at radius 3 is 2.41 bits per heavy atom. The van der Waals surface area contributed by atoms with Gasteiger partial charge in [-0.15, -0.1) is 0 Å². The first-order valence-electron chi connectivity index (χ1n) is 13.6.